The van der Waals surface area contributed by atoms with Crippen molar-refractivity contribution in [3.05, 3.63) is 70.2 Å². The fourth-order valence-corrected chi connectivity index (χ4v) is 3.46. The summed E-state index contributed by atoms with van der Waals surface area (Å²) in [5, 5.41) is 0.700. The van der Waals surface area contributed by atoms with Crippen molar-refractivity contribution in [3.63, 3.8) is 0 Å². The second-order valence-corrected chi connectivity index (χ2v) is 7.50. The van der Waals surface area contributed by atoms with Crippen molar-refractivity contribution in [1.82, 2.24) is 9.80 Å². The highest BCUT2D eigenvalue weighted by Gasteiger charge is 2.17. The average Bonchev–Trinajstić information content (AvgIpc) is 2.75. The molecule has 0 radical (unpaired) electrons. The van der Waals surface area contributed by atoms with E-state index in [-0.39, 0.29) is 5.91 Å². The topological polar surface area (TPSA) is 58.8 Å². The van der Waals surface area contributed by atoms with E-state index in [1.165, 1.54) is 0 Å². The largest absolute Gasteiger partial charge is 0.379 e. The molecule has 1 saturated heterocycles. The number of rotatable bonds is 8. The van der Waals surface area contributed by atoms with Gasteiger partial charge >= 0.3 is 0 Å². The monoisotopic (exact) mass is 401 g/mol. The molecule has 2 aromatic carbocycles. The van der Waals surface area contributed by atoms with Crippen LogP contribution in [0.15, 0.2) is 48.5 Å². The van der Waals surface area contributed by atoms with E-state index in [9.17, 15) is 4.79 Å². The van der Waals surface area contributed by atoms with E-state index >= 15 is 0 Å². The summed E-state index contributed by atoms with van der Waals surface area (Å²) in [6.07, 6.45) is 0.931. The van der Waals surface area contributed by atoms with E-state index in [1.807, 2.05) is 53.4 Å². The van der Waals surface area contributed by atoms with E-state index in [1.54, 1.807) is 0 Å². The molecule has 1 aliphatic heterocycles. The van der Waals surface area contributed by atoms with Gasteiger partial charge in [0, 0.05) is 49.9 Å². The Morgan fingerprint density at radius 2 is 1.68 bits per heavy atom. The first kappa shape index (κ1) is 20.8. The lowest BCUT2D eigenvalue weighted by molar-refractivity contribution is 0.0355. The van der Waals surface area contributed by atoms with Crippen molar-refractivity contribution in [2.75, 3.05) is 39.4 Å². The molecule has 6 heteroatoms. The third-order valence-electron chi connectivity index (χ3n) is 5.02. The van der Waals surface area contributed by atoms with Gasteiger partial charge in [0.2, 0.25) is 0 Å². The van der Waals surface area contributed by atoms with Crippen LogP contribution in [0, 0.1) is 0 Å². The third-order valence-corrected chi connectivity index (χ3v) is 5.27. The number of hydrogen-bond donors (Lipinski definition) is 1. The number of benzene rings is 2. The van der Waals surface area contributed by atoms with Crippen LogP contribution in [0.25, 0.3) is 0 Å². The minimum atomic E-state index is 0.0421. The van der Waals surface area contributed by atoms with Crippen LogP contribution in [0.2, 0.25) is 5.02 Å². The van der Waals surface area contributed by atoms with Gasteiger partial charge in [-0.25, -0.2) is 0 Å². The molecule has 0 spiro atoms. The number of hydrogen-bond acceptors (Lipinski definition) is 4. The zero-order chi connectivity index (χ0) is 19.8. The number of carbonyl (C=O) groups is 1. The molecule has 28 heavy (non-hydrogen) atoms. The van der Waals surface area contributed by atoms with Gasteiger partial charge in [-0.2, -0.15) is 0 Å². The van der Waals surface area contributed by atoms with E-state index in [2.05, 4.69) is 4.90 Å². The quantitative estimate of drug-likeness (QED) is 0.738. The van der Waals surface area contributed by atoms with Crippen molar-refractivity contribution in [2.24, 2.45) is 5.73 Å². The first-order valence-electron chi connectivity index (χ1n) is 9.78. The summed E-state index contributed by atoms with van der Waals surface area (Å²) in [5.74, 6) is 0.0421. The molecule has 0 saturated carbocycles. The minimum absolute atomic E-state index is 0.0421. The normalized spacial score (nSPS) is 14.8. The summed E-state index contributed by atoms with van der Waals surface area (Å²) in [5.41, 5.74) is 8.45. The smallest absolute Gasteiger partial charge is 0.254 e. The number of morpholine rings is 1. The predicted octanol–water partition coefficient (Wildman–Crippen LogP) is 3.16. The molecule has 0 aromatic heterocycles. The van der Waals surface area contributed by atoms with Gasteiger partial charge in [0.15, 0.2) is 0 Å². The maximum absolute atomic E-state index is 13.1. The molecule has 1 fully saturated rings. The number of amides is 1. The Morgan fingerprint density at radius 1 is 1.04 bits per heavy atom. The lowest BCUT2D eigenvalue weighted by Gasteiger charge is -2.28. The zero-order valence-corrected chi connectivity index (χ0v) is 16.9. The Bertz CT molecular complexity index is 743. The molecule has 0 bridgehead atoms. The van der Waals surface area contributed by atoms with Crippen LogP contribution in [0.4, 0.5) is 0 Å². The van der Waals surface area contributed by atoms with Crippen LogP contribution in [0.3, 0.4) is 0 Å². The van der Waals surface area contributed by atoms with Crippen LogP contribution < -0.4 is 5.73 Å². The average molecular weight is 402 g/mol. The van der Waals surface area contributed by atoms with Crippen molar-refractivity contribution < 1.29 is 9.53 Å². The third kappa shape index (κ3) is 6.04. The molecule has 5 nitrogen and oxygen atoms in total. The lowest BCUT2D eigenvalue weighted by atomic mass is 10.1. The second kappa shape index (κ2) is 10.6. The van der Waals surface area contributed by atoms with E-state index in [0.717, 1.165) is 50.4 Å². The molecule has 1 aliphatic rings. The summed E-state index contributed by atoms with van der Waals surface area (Å²) in [6.45, 7) is 6.23. The standard InChI is InChI=1S/C22H28ClN3O2/c23-21-8-4-19(5-9-21)17-26(11-1-10-25-12-14-28-15-13-25)22(27)20-6-2-18(16-24)3-7-20/h2-9H,1,10-17,24H2. The van der Waals surface area contributed by atoms with Gasteiger partial charge in [-0.1, -0.05) is 35.9 Å². The number of carbonyl (C=O) groups excluding carboxylic acids is 1. The van der Waals surface area contributed by atoms with Crippen LogP contribution in [-0.2, 0) is 17.8 Å². The van der Waals surface area contributed by atoms with Crippen molar-refractivity contribution >= 4 is 17.5 Å². The molecule has 2 N–H and O–H groups in total. The van der Waals surface area contributed by atoms with Crippen LogP contribution >= 0.6 is 11.6 Å². The molecule has 1 heterocycles. The first-order valence-corrected chi connectivity index (χ1v) is 10.2. The lowest BCUT2D eigenvalue weighted by Crippen LogP contribution is -2.39. The zero-order valence-electron chi connectivity index (χ0n) is 16.1. The van der Waals surface area contributed by atoms with Crippen molar-refractivity contribution in [3.8, 4) is 0 Å². The Balaban J connectivity index is 1.66. The molecule has 0 unspecified atom stereocenters. The Morgan fingerprint density at radius 3 is 2.32 bits per heavy atom. The second-order valence-electron chi connectivity index (χ2n) is 7.06. The number of ether oxygens (including phenoxy) is 1. The van der Waals surface area contributed by atoms with Crippen LogP contribution in [0.5, 0.6) is 0 Å². The summed E-state index contributed by atoms with van der Waals surface area (Å²) in [6, 6.07) is 15.2. The van der Waals surface area contributed by atoms with Crippen LogP contribution in [-0.4, -0.2) is 55.1 Å². The Hall–Kier alpha value is -1.92. The summed E-state index contributed by atoms with van der Waals surface area (Å²) >= 11 is 6.00. The highest BCUT2D eigenvalue weighted by Crippen LogP contribution is 2.15. The molecule has 150 valence electrons. The van der Waals surface area contributed by atoms with Crippen LogP contribution in [0.1, 0.15) is 27.9 Å². The van der Waals surface area contributed by atoms with Gasteiger partial charge in [0.1, 0.15) is 0 Å². The highest BCUT2D eigenvalue weighted by atomic mass is 35.5. The van der Waals surface area contributed by atoms with E-state index < -0.39 is 0 Å². The molecule has 0 atom stereocenters. The van der Waals surface area contributed by atoms with Crippen molar-refractivity contribution in [1.29, 1.82) is 0 Å². The number of halogens is 1. The SMILES string of the molecule is NCc1ccc(C(=O)N(CCCN2CCOCC2)Cc2ccc(Cl)cc2)cc1. The van der Waals surface area contributed by atoms with Gasteiger partial charge in [-0.05, 0) is 41.8 Å². The van der Waals surface area contributed by atoms with E-state index in [4.69, 9.17) is 22.1 Å². The molecular weight excluding hydrogens is 374 g/mol. The number of nitrogens with two attached hydrogens (primary N) is 1. The van der Waals surface area contributed by atoms with Gasteiger partial charge < -0.3 is 15.4 Å². The summed E-state index contributed by atoms with van der Waals surface area (Å²) in [7, 11) is 0. The Labute approximate surface area is 172 Å². The fraction of sp³-hybridized carbons (Fsp3) is 0.409. The number of nitrogens with zero attached hydrogens (tertiary/aromatic N) is 2. The molecular formula is C22H28ClN3O2. The Kier molecular flexibility index (Phi) is 7.86. The van der Waals surface area contributed by atoms with Crippen molar-refractivity contribution in [2.45, 2.75) is 19.5 Å². The van der Waals surface area contributed by atoms with Gasteiger partial charge in [0.05, 0.1) is 13.2 Å². The highest BCUT2D eigenvalue weighted by molar-refractivity contribution is 6.30. The van der Waals surface area contributed by atoms with Gasteiger partial charge in [-0.3, -0.25) is 9.69 Å². The maximum atomic E-state index is 13.1. The molecule has 1 amide bonds. The fourth-order valence-electron chi connectivity index (χ4n) is 3.34. The summed E-state index contributed by atoms with van der Waals surface area (Å²) < 4.78 is 5.40. The molecule has 2 aromatic rings. The maximum Gasteiger partial charge on any atom is 0.254 e. The molecule has 3 rings (SSSR count). The predicted molar refractivity (Wildman–Crippen MR) is 112 cm³/mol. The van der Waals surface area contributed by atoms with E-state index in [0.29, 0.717) is 30.2 Å². The van der Waals surface area contributed by atoms with Gasteiger partial charge in [-0.15, -0.1) is 0 Å². The minimum Gasteiger partial charge on any atom is -0.379 e. The summed E-state index contributed by atoms with van der Waals surface area (Å²) in [4.78, 5) is 17.4. The molecule has 0 aliphatic carbocycles. The van der Waals surface area contributed by atoms with Gasteiger partial charge in [0.25, 0.3) is 5.91 Å². The first-order chi connectivity index (χ1) is 13.7.